The van der Waals surface area contributed by atoms with E-state index < -0.39 is 0 Å². The summed E-state index contributed by atoms with van der Waals surface area (Å²) in [5.41, 5.74) is 2.09. The normalized spacial score (nSPS) is 18.8. The number of carbonyl (C=O) groups is 1. The van der Waals surface area contributed by atoms with Gasteiger partial charge in [-0.25, -0.2) is 4.98 Å². The lowest BCUT2D eigenvalue weighted by molar-refractivity contribution is -0.117. The van der Waals surface area contributed by atoms with Crippen LogP contribution in [0.1, 0.15) is 44.7 Å². The Morgan fingerprint density at radius 2 is 2.39 bits per heavy atom. The third-order valence-corrected chi connectivity index (χ3v) is 5.17. The summed E-state index contributed by atoms with van der Waals surface area (Å²) in [4.78, 5) is 21.1. The van der Waals surface area contributed by atoms with Crippen LogP contribution in [-0.4, -0.2) is 28.5 Å². The van der Waals surface area contributed by atoms with E-state index in [4.69, 9.17) is 0 Å². The Kier molecular flexibility index (Phi) is 5.03. The molecule has 0 bridgehead atoms. The zero-order chi connectivity index (χ0) is 16.2. The monoisotopic (exact) mass is 330 g/mol. The average molecular weight is 330 g/mol. The smallest absolute Gasteiger partial charge is 0.242 e. The fraction of sp³-hybridized carbons (Fsp3) is 0.471. The lowest BCUT2D eigenvalue weighted by Gasteiger charge is -2.09. The third kappa shape index (κ3) is 3.76. The van der Waals surface area contributed by atoms with Gasteiger partial charge in [-0.2, -0.15) is 0 Å². The minimum absolute atomic E-state index is 0.00425. The summed E-state index contributed by atoms with van der Waals surface area (Å²) in [5.74, 6) is 1.09. The topological polar surface area (TPSA) is 66.9 Å². The van der Waals surface area contributed by atoms with E-state index in [1.165, 1.54) is 11.3 Å². The molecule has 1 aliphatic heterocycles. The maximum absolute atomic E-state index is 12.1. The summed E-state index contributed by atoms with van der Waals surface area (Å²) in [5, 5.41) is 8.84. The zero-order valence-corrected chi connectivity index (χ0v) is 14.3. The van der Waals surface area contributed by atoms with Crippen LogP contribution in [0.15, 0.2) is 23.7 Å². The average Bonchev–Trinajstić information content (AvgIpc) is 3.26. The largest absolute Gasteiger partial charge is 0.309 e. The van der Waals surface area contributed by atoms with Crippen molar-refractivity contribution in [2.75, 3.05) is 11.9 Å². The van der Waals surface area contributed by atoms with Crippen LogP contribution >= 0.6 is 11.3 Å². The predicted molar refractivity (Wildman–Crippen MR) is 93.7 cm³/mol. The number of hydrogen-bond acceptors (Lipinski definition) is 5. The summed E-state index contributed by atoms with van der Waals surface area (Å²) >= 11 is 1.52. The van der Waals surface area contributed by atoms with Gasteiger partial charge in [-0.05, 0) is 43.9 Å². The Bertz CT molecular complexity index is 661. The van der Waals surface area contributed by atoms with E-state index >= 15 is 0 Å². The molecule has 1 fully saturated rings. The molecule has 0 aromatic carbocycles. The molecule has 1 amide bonds. The molecule has 0 saturated carbocycles. The van der Waals surface area contributed by atoms with E-state index in [2.05, 4.69) is 46.6 Å². The summed E-state index contributed by atoms with van der Waals surface area (Å²) in [6, 6.07) is 4.03. The lowest BCUT2D eigenvalue weighted by Crippen LogP contribution is -2.35. The van der Waals surface area contributed by atoms with Crippen molar-refractivity contribution in [2.24, 2.45) is 0 Å². The van der Waals surface area contributed by atoms with Crippen molar-refractivity contribution >= 4 is 23.1 Å². The summed E-state index contributed by atoms with van der Waals surface area (Å²) in [6.45, 7) is 5.25. The van der Waals surface area contributed by atoms with Crippen LogP contribution in [0.2, 0.25) is 0 Å². The summed E-state index contributed by atoms with van der Waals surface area (Å²) < 4.78 is 0. The second-order valence-corrected chi connectivity index (χ2v) is 6.82. The second-order valence-electron chi connectivity index (χ2n) is 5.96. The van der Waals surface area contributed by atoms with Crippen LogP contribution in [0.25, 0.3) is 10.6 Å². The number of rotatable bonds is 5. The standard InChI is InChI=1S/C17H22N4OS/c1-3-11(2)13-7-6-12(9-19-13)17-21-15(10-23-17)20-16(22)14-5-4-8-18-14/h6-7,9-11,14,18H,3-5,8H2,1-2H3,(H,20,22). The molecule has 6 heteroatoms. The molecular formula is C17H22N4OS. The molecule has 1 saturated heterocycles. The van der Waals surface area contributed by atoms with Crippen molar-refractivity contribution in [1.82, 2.24) is 15.3 Å². The van der Waals surface area contributed by atoms with Gasteiger partial charge in [-0.1, -0.05) is 13.8 Å². The maximum atomic E-state index is 12.1. The van der Waals surface area contributed by atoms with E-state index in [1.54, 1.807) is 0 Å². The van der Waals surface area contributed by atoms with Gasteiger partial charge in [0.1, 0.15) is 10.8 Å². The number of aromatic nitrogens is 2. The number of hydrogen-bond donors (Lipinski definition) is 2. The van der Waals surface area contributed by atoms with Crippen molar-refractivity contribution in [1.29, 1.82) is 0 Å². The fourth-order valence-electron chi connectivity index (χ4n) is 2.62. The molecule has 23 heavy (non-hydrogen) atoms. The minimum Gasteiger partial charge on any atom is -0.309 e. The van der Waals surface area contributed by atoms with E-state index in [-0.39, 0.29) is 11.9 Å². The fourth-order valence-corrected chi connectivity index (χ4v) is 3.36. The van der Waals surface area contributed by atoms with E-state index in [1.807, 2.05) is 11.6 Å². The summed E-state index contributed by atoms with van der Waals surface area (Å²) in [7, 11) is 0. The van der Waals surface area contributed by atoms with Gasteiger partial charge >= 0.3 is 0 Å². The third-order valence-electron chi connectivity index (χ3n) is 4.28. The molecule has 2 N–H and O–H groups in total. The lowest BCUT2D eigenvalue weighted by atomic mass is 10.0. The molecule has 1 aliphatic rings. The van der Waals surface area contributed by atoms with Gasteiger partial charge in [0.15, 0.2) is 0 Å². The number of nitrogens with zero attached hydrogens (tertiary/aromatic N) is 2. The van der Waals surface area contributed by atoms with Crippen LogP contribution < -0.4 is 10.6 Å². The molecule has 0 aliphatic carbocycles. The molecule has 3 heterocycles. The van der Waals surface area contributed by atoms with Crippen LogP contribution in [0, 0.1) is 0 Å². The molecule has 2 aromatic rings. The molecule has 2 aromatic heterocycles. The van der Waals surface area contributed by atoms with Gasteiger partial charge < -0.3 is 10.6 Å². The number of nitrogens with one attached hydrogen (secondary N) is 2. The predicted octanol–water partition coefficient (Wildman–Crippen LogP) is 3.41. The number of amides is 1. The Balaban J connectivity index is 1.67. The summed E-state index contributed by atoms with van der Waals surface area (Å²) in [6.07, 6.45) is 4.89. The Hall–Kier alpha value is -1.79. The first-order valence-electron chi connectivity index (χ1n) is 8.13. The molecule has 2 atom stereocenters. The highest BCUT2D eigenvalue weighted by Crippen LogP contribution is 2.27. The van der Waals surface area contributed by atoms with E-state index in [0.717, 1.165) is 42.1 Å². The first-order valence-corrected chi connectivity index (χ1v) is 9.01. The SMILES string of the molecule is CCC(C)c1ccc(-c2nc(NC(=O)C3CCCN3)cs2)cn1. The molecule has 122 valence electrons. The van der Waals surface area contributed by atoms with E-state index in [9.17, 15) is 4.79 Å². The Morgan fingerprint density at radius 1 is 1.52 bits per heavy atom. The van der Waals surface area contributed by atoms with Crippen LogP contribution in [0.3, 0.4) is 0 Å². The van der Waals surface area contributed by atoms with Gasteiger partial charge in [0.2, 0.25) is 5.91 Å². The second kappa shape index (κ2) is 7.19. The first kappa shape index (κ1) is 16.1. The number of pyridine rings is 1. The highest BCUT2D eigenvalue weighted by Gasteiger charge is 2.22. The molecular weight excluding hydrogens is 308 g/mol. The van der Waals surface area contributed by atoms with Crippen LogP contribution in [0.5, 0.6) is 0 Å². The zero-order valence-electron chi connectivity index (χ0n) is 13.5. The molecule has 0 radical (unpaired) electrons. The number of carbonyl (C=O) groups excluding carboxylic acids is 1. The van der Waals surface area contributed by atoms with Gasteiger partial charge in [0.05, 0.1) is 6.04 Å². The van der Waals surface area contributed by atoms with Crippen molar-refractivity contribution in [2.45, 2.75) is 45.1 Å². The van der Waals surface area contributed by atoms with Crippen molar-refractivity contribution < 1.29 is 4.79 Å². The minimum atomic E-state index is -0.0865. The van der Waals surface area contributed by atoms with Crippen LogP contribution in [-0.2, 0) is 4.79 Å². The molecule has 0 spiro atoms. The van der Waals surface area contributed by atoms with Gasteiger partial charge in [0.25, 0.3) is 0 Å². The number of anilines is 1. The van der Waals surface area contributed by atoms with Gasteiger partial charge in [-0.15, -0.1) is 11.3 Å². The van der Waals surface area contributed by atoms with E-state index in [0.29, 0.717) is 11.7 Å². The molecule has 2 unspecified atom stereocenters. The van der Waals surface area contributed by atoms with Crippen molar-refractivity contribution in [3.8, 4) is 10.6 Å². The quantitative estimate of drug-likeness (QED) is 0.881. The van der Waals surface area contributed by atoms with Crippen molar-refractivity contribution in [3.05, 3.63) is 29.4 Å². The van der Waals surface area contributed by atoms with Crippen LogP contribution in [0.4, 0.5) is 5.82 Å². The number of thiazole rings is 1. The van der Waals surface area contributed by atoms with Crippen molar-refractivity contribution in [3.63, 3.8) is 0 Å². The van der Waals surface area contributed by atoms with Gasteiger partial charge in [-0.3, -0.25) is 9.78 Å². The molecule has 5 nitrogen and oxygen atoms in total. The maximum Gasteiger partial charge on any atom is 0.242 e. The Labute approximate surface area is 140 Å². The Morgan fingerprint density at radius 3 is 3.04 bits per heavy atom. The molecule has 3 rings (SSSR count). The van der Waals surface area contributed by atoms with Gasteiger partial charge in [0, 0.05) is 22.8 Å². The highest BCUT2D eigenvalue weighted by molar-refractivity contribution is 7.13. The highest BCUT2D eigenvalue weighted by atomic mass is 32.1. The first-order chi connectivity index (χ1) is 11.2.